The SMILES string of the molecule is O=C(c1cc2ccccc2o1)N1CCCCC1CCl. The van der Waals surface area contributed by atoms with Crippen LogP contribution in [0.2, 0.25) is 0 Å². The molecule has 0 aliphatic carbocycles. The van der Waals surface area contributed by atoms with Crippen molar-refractivity contribution in [1.82, 2.24) is 4.90 Å². The first-order valence-electron chi connectivity index (χ1n) is 6.65. The molecule has 2 aromatic rings. The third-order valence-electron chi connectivity index (χ3n) is 3.70. The van der Waals surface area contributed by atoms with Crippen LogP contribution in [0.4, 0.5) is 0 Å². The summed E-state index contributed by atoms with van der Waals surface area (Å²) in [7, 11) is 0. The minimum atomic E-state index is -0.0402. The molecule has 3 nitrogen and oxygen atoms in total. The van der Waals surface area contributed by atoms with E-state index in [1.54, 1.807) is 0 Å². The lowest BCUT2D eigenvalue weighted by molar-refractivity contribution is 0.0609. The number of benzene rings is 1. The maximum atomic E-state index is 12.5. The minimum Gasteiger partial charge on any atom is -0.451 e. The third kappa shape index (κ3) is 2.35. The molecule has 0 saturated carbocycles. The smallest absolute Gasteiger partial charge is 0.289 e. The normalized spacial score (nSPS) is 19.8. The van der Waals surface area contributed by atoms with Crippen LogP contribution in [0.1, 0.15) is 29.8 Å². The second-order valence-electron chi connectivity index (χ2n) is 4.95. The van der Waals surface area contributed by atoms with Crippen molar-refractivity contribution < 1.29 is 9.21 Å². The van der Waals surface area contributed by atoms with Crippen molar-refractivity contribution in [2.45, 2.75) is 25.3 Å². The Bertz CT molecular complexity index is 560. The van der Waals surface area contributed by atoms with Crippen LogP contribution in [-0.4, -0.2) is 29.3 Å². The van der Waals surface area contributed by atoms with Crippen molar-refractivity contribution >= 4 is 28.5 Å². The van der Waals surface area contributed by atoms with E-state index in [9.17, 15) is 4.79 Å². The number of halogens is 1. The number of rotatable bonds is 2. The monoisotopic (exact) mass is 277 g/mol. The zero-order valence-corrected chi connectivity index (χ0v) is 11.4. The van der Waals surface area contributed by atoms with Gasteiger partial charge in [0.1, 0.15) is 5.58 Å². The minimum absolute atomic E-state index is 0.0402. The number of furan rings is 1. The highest BCUT2D eigenvalue weighted by molar-refractivity contribution is 6.18. The van der Waals surface area contributed by atoms with Gasteiger partial charge in [-0.2, -0.15) is 0 Å². The molecule has 100 valence electrons. The van der Waals surface area contributed by atoms with Crippen molar-refractivity contribution in [3.05, 3.63) is 36.1 Å². The zero-order chi connectivity index (χ0) is 13.2. The summed E-state index contributed by atoms with van der Waals surface area (Å²) in [6.45, 7) is 0.771. The van der Waals surface area contributed by atoms with Crippen molar-refractivity contribution in [3.63, 3.8) is 0 Å². The topological polar surface area (TPSA) is 33.5 Å². The van der Waals surface area contributed by atoms with Crippen LogP contribution in [0.25, 0.3) is 11.0 Å². The summed E-state index contributed by atoms with van der Waals surface area (Å²) in [5.74, 6) is 0.867. The van der Waals surface area contributed by atoms with E-state index in [0.29, 0.717) is 11.6 Å². The molecule has 4 heteroatoms. The summed E-state index contributed by atoms with van der Waals surface area (Å²) in [4.78, 5) is 14.4. The molecule has 1 aliphatic rings. The predicted octanol–water partition coefficient (Wildman–Crippen LogP) is 3.67. The largest absolute Gasteiger partial charge is 0.451 e. The molecule has 19 heavy (non-hydrogen) atoms. The fraction of sp³-hybridized carbons (Fsp3) is 0.400. The van der Waals surface area contributed by atoms with E-state index in [4.69, 9.17) is 16.0 Å². The van der Waals surface area contributed by atoms with Crippen molar-refractivity contribution in [2.75, 3.05) is 12.4 Å². The number of hydrogen-bond donors (Lipinski definition) is 0. The average molecular weight is 278 g/mol. The maximum Gasteiger partial charge on any atom is 0.289 e. The Hall–Kier alpha value is -1.48. The van der Waals surface area contributed by atoms with Gasteiger partial charge < -0.3 is 9.32 Å². The lowest BCUT2D eigenvalue weighted by Crippen LogP contribution is -2.44. The van der Waals surface area contributed by atoms with Crippen LogP contribution in [0.5, 0.6) is 0 Å². The molecule has 0 bridgehead atoms. The van der Waals surface area contributed by atoms with Gasteiger partial charge in [-0.3, -0.25) is 4.79 Å². The van der Waals surface area contributed by atoms with Crippen LogP contribution in [0.15, 0.2) is 34.7 Å². The van der Waals surface area contributed by atoms with Crippen LogP contribution < -0.4 is 0 Å². The Kier molecular flexibility index (Phi) is 3.47. The summed E-state index contributed by atoms with van der Waals surface area (Å²) in [6.07, 6.45) is 3.16. The molecule has 2 heterocycles. The number of para-hydroxylation sites is 1. The highest BCUT2D eigenvalue weighted by Crippen LogP contribution is 2.24. The van der Waals surface area contributed by atoms with Gasteiger partial charge in [0, 0.05) is 23.9 Å². The Morgan fingerprint density at radius 3 is 3.00 bits per heavy atom. The average Bonchev–Trinajstić information content (AvgIpc) is 2.90. The number of likely N-dealkylation sites (tertiary alicyclic amines) is 1. The number of carbonyl (C=O) groups is 1. The quantitative estimate of drug-likeness (QED) is 0.785. The molecule has 3 rings (SSSR count). The van der Waals surface area contributed by atoms with Gasteiger partial charge in [-0.1, -0.05) is 18.2 Å². The first-order valence-corrected chi connectivity index (χ1v) is 7.18. The van der Waals surface area contributed by atoms with Gasteiger partial charge in [-0.15, -0.1) is 11.6 Å². The molecule has 0 N–H and O–H groups in total. The number of amides is 1. The van der Waals surface area contributed by atoms with E-state index in [-0.39, 0.29) is 11.9 Å². The number of fused-ring (bicyclic) bond motifs is 1. The van der Waals surface area contributed by atoms with E-state index in [1.807, 2.05) is 35.2 Å². The summed E-state index contributed by atoms with van der Waals surface area (Å²) in [6, 6.07) is 9.62. The number of hydrogen-bond acceptors (Lipinski definition) is 2. The first kappa shape index (κ1) is 12.5. The Labute approximate surface area is 117 Å². The van der Waals surface area contributed by atoms with Crippen LogP contribution >= 0.6 is 11.6 Å². The van der Waals surface area contributed by atoms with Crippen LogP contribution in [0.3, 0.4) is 0 Å². The molecule has 1 atom stereocenters. The number of nitrogens with zero attached hydrogens (tertiary/aromatic N) is 1. The third-order valence-corrected chi connectivity index (χ3v) is 4.06. The van der Waals surface area contributed by atoms with Gasteiger partial charge >= 0.3 is 0 Å². The molecule has 0 spiro atoms. The van der Waals surface area contributed by atoms with Gasteiger partial charge in [0.25, 0.3) is 5.91 Å². The highest BCUT2D eigenvalue weighted by Gasteiger charge is 2.28. The molecule has 1 aromatic carbocycles. The molecular formula is C15H16ClNO2. The van der Waals surface area contributed by atoms with Crippen LogP contribution in [0, 0.1) is 0 Å². The number of alkyl halides is 1. The Morgan fingerprint density at radius 2 is 2.21 bits per heavy atom. The molecule has 1 aliphatic heterocycles. The van der Waals surface area contributed by atoms with E-state index >= 15 is 0 Å². The molecule has 1 amide bonds. The van der Waals surface area contributed by atoms with Gasteiger partial charge in [0.05, 0.1) is 0 Å². The van der Waals surface area contributed by atoms with Gasteiger partial charge in [0.2, 0.25) is 0 Å². The fourth-order valence-corrected chi connectivity index (χ4v) is 2.98. The van der Waals surface area contributed by atoms with E-state index in [0.717, 1.165) is 36.8 Å². The zero-order valence-electron chi connectivity index (χ0n) is 10.6. The molecule has 1 saturated heterocycles. The van der Waals surface area contributed by atoms with Crippen molar-refractivity contribution in [3.8, 4) is 0 Å². The molecule has 1 fully saturated rings. The van der Waals surface area contributed by atoms with E-state index < -0.39 is 0 Å². The lowest BCUT2D eigenvalue weighted by Gasteiger charge is -2.33. The Balaban J connectivity index is 1.89. The fourth-order valence-electron chi connectivity index (χ4n) is 2.66. The number of piperidine rings is 1. The number of carbonyl (C=O) groups excluding carboxylic acids is 1. The molecule has 1 unspecified atom stereocenters. The summed E-state index contributed by atoms with van der Waals surface area (Å²) in [5.41, 5.74) is 0.755. The van der Waals surface area contributed by atoms with E-state index in [2.05, 4.69) is 0 Å². The predicted molar refractivity (Wildman–Crippen MR) is 75.6 cm³/mol. The maximum absolute atomic E-state index is 12.5. The summed E-state index contributed by atoms with van der Waals surface area (Å²) in [5, 5.41) is 0.963. The standard InChI is InChI=1S/C15H16ClNO2/c16-10-12-6-3-4-8-17(12)15(18)14-9-11-5-1-2-7-13(11)19-14/h1-2,5,7,9,12H,3-4,6,8,10H2. The van der Waals surface area contributed by atoms with Crippen molar-refractivity contribution in [1.29, 1.82) is 0 Å². The molecule has 1 aromatic heterocycles. The first-order chi connectivity index (χ1) is 9.29. The Morgan fingerprint density at radius 1 is 1.37 bits per heavy atom. The molecular weight excluding hydrogens is 262 g/mol. The van der Waals surface area contributed by atoms with Crippen molar-refractivity contribution in [2.24, 2.45) is 0 Å². The second-order valence-corrected chi connectivity index (χ2v) is 5.26. The van der Waals surface area contributed by atoms with Crippen LogP contribution in [-0.2, 0) is 0 Å². The summed E-state index contributed by atoms with van der Waals surface area (Å²) >= 11 is 5.96. The van der Waals surface area contributed by atoms with Gasteiger partial charge in [-0.25, -0.2) is 0 Å². The van der Waals surface area contributed by atoms with E-state index in [1.165, 1.54) is 0 Å². The highest BCUT2D eigenvalue weighted by atomic mass is 35.5. The lowest BCUT2D eigenvalue weighted by atomic mass is 10.0. The molecule has 0 radical (unpaired) electrons. The van der Waals surface area contributed by atoms with Gasteiger partial charge in [0.15, 0.2) is 5.76 Å². The summed E-state index contributed by atoms with van der Waals surface area (Å²) < 4.78 is 5.64. The second kappa shape index (κ2) is 5.25. The van der Waals surface area contributed by atoms with Gasteiger partial charge in [-0.05, 0) is 31.4 Å².